The molecule has 1 amide bonds. The van der Waals surface area contributed by atoms with E-state index in [-0.39, 0.29) is 5.91 Å². The van der Waals surface area contributed by atoms with Crippen LogP contribution in [-0.2, 0) is 7.05 Å². The van der Waals surface area contributed by atoms with E-state index in [1.54, 1.807) is 17.4 Å². The van der Waals surface area contributed by atoms with Crippen molar-refractivity contribution in [1.82, 2.24) is 4.57 Å². The minimum Gasteiger partial charge on any atom is -0.319 e. The Morgan fingerprint density at radius 1 is 1.04 bits per heavy atom. The molecule has 1 aromatic heterocycles. The van der Waals surface area contributed by atoms with E-state index in [0.29, 0.717) is 10.4 Å². The normalized spacial score (nSPS) is 12.2. The fraction of sp³-hybridized carbons (Fsp3) is 0.0526. The largest absolute Gasteiger partial charge is 0.319 e. The second-order valence-electron chi connectivity index (χ2n) is 5.48. The van der Waals surface area contributed by atoms with Crippen LogP contribution in [0.4, 0.5) is 0 Å². The van der Waals surface area contributed by atoms with Gasteiger partial charge in [-0.3, -0.25) is 4.79 Å². The number of hydrogen-bond acceptors (Lipinski definition) is 2. The number of nitrogens with zero attached hydrogens (tertiary/aromatic N) is 2. The van der Waals surface area contributed by atoms with Gasteiger partial charge in [-0.25, -0.2) is 0 Å². The summed E-state index contributed by atoms with van der Waals surface area (Å²) in [7, 11) is 1.94. The molecule has 24 heavy (non-hydrogen) atoms. The van der Waals surface area contributed by atoms with Gasteiger partial charge in [0.05, 0.1) is 15.8 Å². The van der Waals surface area contributed by atoms with Crippen molar-refractivity contribution in [1.29, 1.82) is 0 Å². The van der Waals surface area contributed by atoms with Gasteiger partial charge >= 0.3 is 0 Å². The molecule has 0 atom stereocenters. The van der Waals surface area contributed by atoms with Crippen LogP contribution >= 0.6 is 27.3 Å². The summed E-state index contributed by atoms with van der Waals surface area (Å²) in [6, 6.07) is 19.8. The Morgan fingerprint density at radius 2 is 1.79 bits per heavy atom. The minimum atomic E-state index is -0.242. The van der Waals surface area contributed by atoms with Crippen LogP contribution in [0.15, 0.2) is 70.1 Å². The van der Waals surface area contributed by atoms with E-state index in [1.165, 1.54) is 10.8 Å². The lowest BCUT2D eigenvalue weighted by atomic mass is 10.1. The van der Waals surface area contributed by atoms with Gasteiger partial charge in [-0.15, -0.1) is 0 Å². The van der Waals surface area contributed by atoms with Crippen molar-refractivity contribution < 1.29 is 4.79 Å². The fourth-order valence-corrected chi connectivity index (χ4v) is 4.35. The average molecular weight is 397 g/mol. The van der Waals surface area contributed by atoms with Gasteiger partial charge in [-0.05, 0) is 39.5 Å². The third-order valence-electron chi connectivity index (χ3n) is 4.00. The van der Waals surface area contributed by atoms with Crippen LogP contribution in [0.3, 0.4) is 0 Å². The number of aromatic nitrogens is 1. The number of thiazole rings is 1. The zero-order valence-electron chi connectivity index (χ0n) is 12.9. The van der Waals surface area contributed by atoms with Gasteiger partial charge in [0, 0.05) is 16.9 Å². The number of aryl methyl sites for hydroxylation is 1. The molecular weight excluding hydrogens is 384 g/mol. The summed E-state index contributed by atoms with van der Waals surface area (Å²) in [5.74, 6) is -0.242. The Morgan fingerprint density at radius 3 is 2.62 bits per heavy atom. The second kappa shape index (κ2) is 6.00. The van der Waals surface area contributed by atoms with Gasteiger partial charge in [0.25, 0.3) is 5.91 Å². The summed E-state index contributed by atoms with van der Waals surface area (Å²) < 4.78 is 3.88. The summed E-state index contributed by atoms with van der Waals surface area (Å²) in [6.07, 6.45) is 0. The Labute approximate surface area is 151 Å². The molecule has 118 valence electrons. The predicted octanol–water partition coefficient (Wildman–Crippen LogP) is 4.90. The maximum atomic E-state index is 12.5. The maximum absolute atomic E-state index is 12.5. The molecule has 1 heterocycles. The topological polar surface area (TPSA) is 34.4 Å². The van der Waals surface area contributed by atoms with Crippen LogP contribution in [0.2, 0.25) is 0 Å². The number of rotatable bonds is 1. The van der Waals surface area contributed by atoms with E-state index in [1.807, 2.05) is 41.9 Å². The number of carbonyl (C=O) groups excluding carboxylic acids is 1. The highest BCUT2D eigenvalue weighted by atomic mass is 79.9. The monoisotopic (exact) mass is 396 g/mol. The van der Waals surface area contributed by atoms with Gasteiger partial charge in [0.1, 0.15) is 0 Å². The summed E-state index contributed by atoms with van der Waals surface area (Å²) in [6.45, 7) is 0. The Kier molecular flexibility index (Phi) is 3.82. The van der Waals surface area contributed by atoms with Crippen LogP contribution in [0.1, 0.15) is 10.4 Å². The Bertz CT molecular complexity index is 1160. The quantitative estimate of drug-likeness (QED) is 0.450. The van der Waals surface area contributed by atoms with Gasteiger partial charge in [0.15, 0.2) is 4.80 Å². The van der Waals surface area contributed by atoms with Crippen LogP contribution in [-0.4, -0.2) is 10.5 Å². The summed E-state index contributed by atoms with van der Waals surface area (Å²) in [4.78, 5) is 17.6. The molecule has 3 aromatic carbocycles. The van der Waals surface area contributed by atoms with Crippen molar-refractivity contribution in [3.8, 4) is 0 Å². The number of hydrogen-bond donors (Lipinski definition) is 0. The molecule has 0 saturated carbocycles. The van der Waals surface area contributed by atoms with Crippen molar-refractivity contribution in [2.75, 3.05) is 0 Å². The Hall–Kier alpha value is -2.24. The molecule has 0 radical (unpaired) electrons. The lowest BCUT2D eigenvalue weighted by Gasteiger charge is -2.00. The molecule has 0 N–H and O–H groups in total. The van der Waals surface area contributed by atoms with E-state index >= 15 is 0 Å². The van der Waals surface area contributed by atoms with E-state index in [4.69, 9.17) is 0 Å². The van der Waals surface area contributed by atoms with E-state index in [0.717, 1.165) is 14.7 Å². The van der Waals surface area contributed by atoms with Crippen molar-refractivity contribution in [2.24, 2.45) is 12.0 Å². The van der Waals surface area contributed by atoms with Crippen molar-refractivity contribution in [3.63, 3.8) is 0 Å². The van der Waals surface area contributed by atoms with E-state index < -0.39 is 0 Å². The molecule has 4 aromatic rings. The molecule has 0 aliphatic carbocycles. The van der Waals surface area contributed by atoms with Gasteiger partial charge < -0.3 is 4.57 Å². The second-order valence-corrected chi connectivity index (χ2v) is 7.31. The number of halogens is 1. The van der Waals surface area contributed by atoms with Crippen LogP contribution < -0.4 is 4.80 Å². The molecule has 0 aliphatic rings. The first-order valence-corrected chi connectivity index (χ1v) is 9.07. The number of amides is 1. The van der Waals surface area contributed by atoms with Crippen LogP contribution in [0, 0.1) is 0 Å². The first-order valence-electron chi connectivity index (χ1n) is 7.46. The molecular formula is C19H13BrN2OS. The summed E-state index contributed by atoms with van der Waals surface area (Å²) in [5, 5.41) is 2.38. The highest BCUT2D eigenvalue weighted by Crippen LogP contribution is 2.27. The summed E-state index contributed by atoms with van der Waals surface area (Å²) >= 11 is 4.95. The third-order valence-corrected chi connectivity index (χ3v) is 5.87. The molecule has 0 saturated heterocycles. The molecule has 0 bridgehead atoms. The average Bonchev–Trinajstić information content (AvgIpc) is 2.92. The van der Waals surface area contributed by atoms with Crippen LogP contribution in [0.25, 0.3) is 21.0 Å². The van der Waals surface area contributed by atoms with Crippen molar-refractivity contribution >= 4 is 54.2 Å². The molecule has 0 fully saturated rings. The molecule has 0 spiro atoms. The zero-order chi connectivity index (χ0) is 16.7. The molecule has 0 aliphatic heterocycles. The van der Waals surface area contributed by atoms with Crippen molar-refractivity contribution in [3.05, 3.63) is 75.5 Å². The fourth-order valence-electron chi connectivity index (χ4n) is 2.75. The standard InChI is InChI=1S/C19H13BrN2OS/c1-22-16-11-10-12-6-2-3-7-13(12)17(16)24-19(22)21-18(23)14-8-4-5-9-15(14)20/h2-11H,1H3. The molecule has 3 nitrogen and oxygen atoms in total. The van der Waals surface area contributed by atoms with Gasteiger partial charge in [-0.1, -0.05) is 53.8 Å². The Balaban J connectivity index is 1.94. The smallest absolute Gasteiger partial charge is 0.280 e. The van der Waals surface area contributed by atoms with Gasteiger partial charge in [0.2, 0.25) is 0 Å². The number of carbonyl (C=O) groups is 1. The third kappa shape index (κ3) is 2.50. The predicted molar refractivity (Wildman–Crippen MR) is 102 cm³/mol. The van der Waals surface area contributed by atoms with Gasteiger partial charge in [-0.2, -0.15) is 4.99 Å². The van der Waals surface area contributed by atoms with E-state index in [2.05, 4.69) is 45.2 Å². The number of benzene rings is 3. The first-order chi connectivity index (χ1) is 11.6. The number of fused-ring (bicyclic) bond motifs is 3. The maximum Gasteiger partial charge on any atom is 0.280 e. The first kappa shape index (κ1) is 15.3. The minimum absolute atomic E-state index is 0.242. The summed E-state index contributed by atoms with van der Waals surface area (Å²) in [5.41, 5.74) is 1.65. The SMILES string of the molecule is Cn1c(=NC(=O)c2ccccc2Br)sc2c3ccccc3ccc21. The van der Waals surface area contributed by atoms with E-state index in [9.17, 15) is 4.79 Å². The molecule has 5 heteroatoms. The molecule has 0 unspecified atom stereocenters. The van der Waals surface area contributed by atoms with Crippen molar-refractivity contribution in [2.45, 2.75) is 0 Å². The lowest BCUT2D eigenvalue weighted by molar-refractivity contribution is 0.0997. The highest BCUT2D eigenvalue weighted by molar-refractivity contribution is 9.10. The highest BCUT2D eigenvalue weighted by Gasteiger charge is 2.11. The molecule has 4 rings (SSSR count). The zero-order valence-corrected chi connectivity index (χ0v) is 15.3. The van der Waals surface area contributed by atoms with Crippen LogP contribution in [0.5, 0.6) is 0 Å². The lowest BCUT2D eigenvalue weighted by Crippen LogP contribution is -2.13.